The maximum atomic E-state index is 12.9. The van der Waals surface area contributed by atoms with E-state index in [1.165, 1.54) is 23.3 Å². The van der Waals surface area contributed by atoms with Gasteiger partial charge in [0.2, 0.25) is 0 Å². The Balaban J connectivity index is 1.71. The average molecular weight is 387 g/mol. The van der Waals surface area contributed by atoms with Crippen LogP contribution in [0.25, 0.3) is 6.08 Å². The van der Waals surface area contributed by atoms with Crippen LogP contribution in [0.1, 0.15) is 22.9 Å². The van der Waals surface area contributed by atoms with Crippen LogP contribution in [0, 0.1) is 0 Å². The molecule has 0 unspecified atom stereocenters. The molecule has 0 aromatic carbocycles. The highest BCUT2D eigenvalue weighted by molar-refractivity contribution is 6.14. The van der Waals surface area contributed by atoms with Gasteiger partial charge in [0, 0.05) is 31.3 Å². The third-order valence-corrected chi connectivity index (χ3v) is 4.59. The van der Waals surface area contributed by atoms with Crippen LogP contribution in [0.3, 0.4) is 0 Å². The second-order valence-electron chi connectivity index (χ2n) is 6.46. The lowest BCUT2D eigenvalue weighted by atomic mass is 9.97. The van der Waals surface area contributed by atoms with E-state index in [0.717, 1.165) is 5.56 Å². The van der Waals surface area contributed by atoms with Gasteiger partial charge in [-0.05, 0) is 47.5 Å². The molecule has 0 fully saturated rings. The molecule has 7 nitrogen and oxygen atoms in total. The zero-order valence-electron chi connectivity index (χ0n) is 15.3. The molecular formula is C22H17N3O4. The molecule has 29 heavy (non-hydrogen) atoms. The summed E-state index contributed by atoms with van der Waals surface area (Å²) in [6.45, 7) is 0.189. The number of amides is 1. The number of aliphatic hydroxyl groups excluding tert-OH is 1. The number of aliphatic hydroxyl groups is 1. The van der Waals surface area contributed by atoms with E-state index in [4.69, 9.17) is 4.42 Å². The number of allylic oxidation sites excluding steroid dienone is 1. The molecule has 144 valence electrons. The Morgan fingerprint density at radius 3 is 2.59 bits per heavy atom. The number of carbonyl (C=O) groups excluding carboxylic acids is 2. The average Bonchev–Trinajstić information content (AvgIpc) is 3.36. The van der Waals surface area contributed by atoms with Crippen molar-refractivity contribution in [3.05, 3.63) is 102 Å². The molecule has 1 amide bonds. The molecule has 1 aliphatic rings. The number of aromatic nitrogens is 2. The number of hydrogen-bond acceptors (Lipinski definition) is 6. The number of furan rings is 1. The third kappa shape index (κ3) is 3.70. The van der Waals surface area contributed by atoms with E-state index >= 15 is 0 Å². The topological polar surface area (TPSA) is 96.5 Å². The van der Waals surface area contributed by atoms with E-state index in [2.05, 4.69) is 9.97 Å². The predicted octanol–water partition coefficient (Wildman–Crippen LogP) is 3.25. The van der Waals surface area contributed by atoms with Crippen LogP contribution in [-0.4, -0.2) is 31.7 Å². The van der Waals surface area contributed by atoms with Gasteiger partial charge in [-0.3, -0.25) is 19.6 Å². The summed E-state index contributed by atoms with van der Waals surface area (Å²) in [7, 11) is 0. The number of hydrogen-bond donors (Lipinski definition) is 1. The number of ketones is 1. The van der Waals surface area contributed by atoms with Crippen molar-refractivity contribution in [2.45, 2.75) is 12.6 Å². The van der Waals surface area contributed by atoms with Gasteiger partial charge in [0.25, 0.3) is 5.91 Å². The van der Waals surface area contributed by atoms with Crippen molar-refractivity contribution in [3.63, 3.8) is 0 Å². The molecule has 0 radical (unpaired) electrons. The molecule has 3 aromatic rings. The standard InChI is InChI=1S/C22H17N3O4/c26-18(8-7-17-6-3-11-29-17)19-20(16-5-2-10-24-13-16)25(22(28)21(19)27)14-15-4-1-9-23-12-15/h1-13,20,27H,14H2/b8-7+/t20-/m0/s1. The Morgan fingerprint density at radius 2 is 1.93 bits per heavy atom. The molecule has 1 aliphatic heterocycles. The van der Waals surface area contributed by atoms with E-state index in [0.29, 0.717) is 11.3 Å². The van der Waals surface area contributed by atoms with Gasteiger partial charge in [0.05, 0.1) is 17.9 Å². The number of pyridine rings is 2. The van der Waals surface area contributed by atoms with Crippen LogP contribution in [0.2, 0.25) is 0 Å². The lowest BCUT2D eigenvalue weighted by Gasteiger charge is -2.26. The quantitative estimate of drug-likeness (QED) is 0.652. The SMILES string of the molecule is O=C(/C=C/c1ccco1)C1=C(O)C(=O)N(Cc2cccnc2)[C@H]1c1cccnc1. The second kappa shape index (κ2) is 7.93. The monoisotopic (exact) mass is 387 g/mol. The summed E-state index contributed by atoms with van der Waals surface area (Å²) in [6.07, 6.45) is 10.7. The van der Waals surface area contributed by atoms with Gasteiger partial charge in [-0.15, -0.1) is 0 Å². The summed E-state index contributed by atoms with van der Waals surface area (Å²) in [5.74, 6) is -1.16. The van der Waals surface area contributed by atoms with Crippen LogP contribution in [0.5, 0.6) is 0 Å². The Morgan fingerprint density at radius 1 is 1.14 bits per heavy atom. The van der Waals surface area contributed by atoms with E-state index in [1.807, 2.05) is 6.07 Å². The van der Waals surface area contributed by atoms with E-state index < -0.39 is 23.5 Å². The smallest absolute Gasteiger partial charge is 0.290 e. The first kappa shape index (κ1) is 18.4. The molecular weight excluding hydrogens is 370 g/mol. The lowest BCUT2D eigenvalue weighted by Crippen LogP contribution is -2.30. The summed E-state index contributed by atoms with van der Waals surface area (Å²) in [6, 6.07) is 9.72. The normalized spacial score (nSPS) is 16.8. The molecule has 1 atom stereocenters. The Kier molecular flexibility index (Phi) is 5.03. The highest BCUT2D eigenvalue weighted by Gasteiger charge is 2.43. The third-order valence-electron chi connectivity index (χ3n) is 4.59. The summed E-state index contributed by atoms with van der Waals surface area (Å²) in [5.41, 5.74) is 1.42. The van der Waals surface area contributed by atoms with Gasteiger partial charge in [-0.2, -0.15) is 0 Å². The molecule has 0 spiro atoms. The fraction of sp³-hybridized carbons (Fsp3) is 0.0909. The minimum Gasteiger partial charge on any atom is -0.503 e. The van der Waals surface area contributed by atoms with Crippen molar-refractivity contribution in [2.75, 3.05) is 0 Å². The van der Waals surface area contributed by atoms with Gasteiger partial charge >= 0.3 is 0 Å². The van der Waals surface area contributed by atoms with Crippen molar-refractivity contribution >= 4 is 17.8 Å². The minimum atomic E-state index is -0.759. The molecule has 0 saturated carbocycles. The number of nitrogens with zero attached hydrogens (tertiary/aromatic N) is 3. The van der Waals surface area contributed by atoms with Gasteiger partial charge in [-0.1, -0.05) is 12.1 Å². The molecule has 4 rings (SSSR count). The predicted molar refractivity (Wildman–Crippen MR) is 104 cm³/mol. The highest BCUT2D eigenvalue weighted by atomic mass is 16.3. The Hall–Kier alpha value is -4.00. The first-order valence-electron chi connectivity index (χ1n) is 8.94. The molecule has 1 N–H and O–H groups in total. The minimum absolute atomic E-state index is 0.00898. The maximum absolute atomic E-state index is 12.9. The molecule has 0 bridgehead atoms. The van der Waals surface area contributed by atoms with Crippen molar-refractivity contribution in [2.24, 2.45) is 0 Å². The molecule has 3 aromatic heterocycles. The maximum Gasteiger partial charge on any atom is 0.290 e. The lowest BCUT2D eigenvalue weighted by molar-refractivity contribution is -0.130. The van der Waals surface area contributed by atoms with Crippen molar-refractivity contribution < 1.29 is 19.1 Å². The van der Waals surface area contributed by atoms with Crippen LogP contribution in [-0.2, 0) is 16.1 Å². The summed E-state index contributed by atoms with van der Waals surface area (Å²) >= 11 is 0. The second-order valence-corrected chi connectivity index (χ2v) is 6.46. The van der Waals surface area contributed by atoms with Gasteiger partial charge in [0.15, 0.2) is 11.5 Å². The van der Waals surface area contributed by atoms with Crippen LogP contribution >= 0.6 is 0 Å². The zero-order chi connectivity index (χ0) is 20.2. The Bertz CT molecular complexity index is 1070. The van der Waals surface area contributed by atoms with Crippen molar-refractivity contribution in [3.8, 4) is 0 Å². The van der Waals surface area contributed by atoms with Crippen LogP contribution < -0.4 is 0 Å². The van der Waals surface area contributed by atoms with E-state index in [9.17, 15) is 14.7 Å². The van der Waals surface area contributed by atoms with E-state index in [-0.39, 0.29) is 12.1 Å². The molecule has 0 aliphatic carbocycles. The Labute approximate surface area is 166 Å². The van der Waals surface area contributed by atoms with E-state index in [1.54, 1.807) is 55.1 Å². The van der Waals surface area contributed by atoms with Gasteiger partial charge in [-0.25, -0.2) is 0 Å². The summed E-state index contributed by atoms with van der Waals surface area (Å²) in [5, 5.41) is 10.5. The summed E-state index contributed by atoms with van der Waals surface area (Å²) < 4.78 is 5.19. The first-order valence-corrected chi connectivity index (χ1v) is 8.94. The fourth-order valence-corrected chi connectivity index (χ4v) is 3.27. The number of carbonyl (C=O) groups is 2. The largest absolute Gasteiger partial charge is 0.503 e. The van der Waals surface area contributed by atoms with Crippen LogP contribution in [0.15, 0.2) is 89.3 Å². The molecule has 0 saturated heterocycles. The van der Waals surface area contributed by atoms with Gasteiger partial charge < -0.3 is 14.4 Å². The van der Waals surface area contributed by atoms with Gasteiger partial charge in [0.1, 0.15) is 5.76 Å². The van der Waals surface area contributed by atoms with Crippen molar-refractivity contribution in [1.82, 2.24) is 14.9 Å². The summed E-state index contributed by atoms with van der Waals surface area (Å²) in [4.78, 5) is 35.4. The fourth-order valence-electron chi connectivity index (χ4n) is 3.27. The zero-order valence-corrected chi connectivity index (χ0v) is 15.3. The highest BCUT2D eigenvalue weighted by Crippen LogP contribution is 2.38. The van der Waals surface area contributed by atoms with Crippen molar-refractivity contribution in [1.29, 1.82) is 0 Å². The van der Waals surface area contributed by atoms with Crippen LogP contribution in [0.4, 0.5) is 0 Å². The first-order chi connectivity index (χ1) is 14.1. The number of rotatable bonds is 6. The molecule has 7 heteroatoms. The molecule has 4 heterocycles.